The first-order chi connectivity index (χ1) is 14.1. The SMILES string of the molecule is COC(=O)c1cc(N2CCCC2=O)cc(N(c2cccc(C(N)=O)c2)S(C)(=O)=O)c1. The van der Waals surface area contributed by atoms with E-state index in [1.165, 1.54) is 54.5 Å². The molecule has 0 saturated carbocycles. The summed E-state index contributed by atoms with van der Waals surface area (Å²) in [6, 6.07) is 10.2. The van der Waals surface area contributed by atoms with Crippen molar-refractivity contribution < 1.29 is 27.5 Å². The smallest absolute Gasteiger partial charge is 0.337 e. The monoisotopic (exact) mass is 431 g/mol. The number of nitrogens with two attached hydrogens (primary N) is 1. The third kappa shape index (κ3) is 4.28. The zero-order chi connectivity index (χ0) is 22.1. The van der Waals surface area contributed by atoms with Gasteiger partial charge in [0.25, 0.3) is 0 Å². The zero-order valence-electron chi connectivity index (χ0n) is 16.5. The molecule has 0 unspecified atom stereocenters. The molecule has 0 aromatic heterocycles. The number of rotatable bonds is 6. The van der Waals surface area contributed by atoms with Gasteiger partial charge in [-0.2, -0.15) is 0 Å². The maximum Gasteiger partial charge on any atom is 0.337 e. The predicted octanol–water partition coefficient (Wildman–Crippen LogP) is 1.80. The van der Waals surface area contributed by atoms with E-state index in [0.717, 1.165) is 10.6 Å². The number of carbonyl (C=O) groups excluding carboxylic acids is 3. The highest BCUT2D eigenvalue weighted by atomic mass is 32.2. The molecule has 10 heteroatoms. The molecule has 2 aromatic carbocycles. The van der Waals surface area contributed by atoms with E-state index in [1.807, 2.05) is 0 Å². The van der Waals surface area contributed by atoms with Crippen molar-refractivity contribution in [2.24, 2.45) is 5.73 Å². The predicted molar refractivity (Wildman–Crippen MR) is 111 cm³/mol. The van der Waals surface area contributed by atoms with Crippen molar-refractivity contribution in [1.29, 1.82) is 0 Å². The number of primary amides is 1. The summed E-state index contributed by atoms with van der Waals surface area (Å²) in [5.41, 5.74) is 6.20. The van der Waals surface area contributed by atoms with Gasteiger partial charge in [-0.1, -0.05) is 6.07 Å². The molecule has 1 aliphatic rings. The molecule has 1 fully saturated rings. The summed E-state index contributed by atoms with van der Waals surface area (Å²) in [5.74, 6) is -1.51. The highest BCUT2D eigenvalue weighted by Gasteiger charge is 2.27. The van der Waals surface area contributed by atoms with Crippen molar-refractivity contribution in [2.45, 2.75) is 12.8 Å². The first kappa shape index (κ1) is 21.3. The molecular weight excluding hydrogens is 410 g/mol. The Balaban J connectivity index is 2.22. The van der Waals surface area contributed by atoms with Crippen molar-refractivity contribution in [2.75, 3.05) is 29.1 Å². The molecule has 1 saturated heterocycles. The maximum absolute atomic E-state index is 12.7. The molecule has 1 aliphatic heterocycles. The second-order valence-corrected chi connectivity index (χ2v) is 8.65. The number of methoxy groups -OCH3 is 1. The van der Waals surface area contributed by atoms with E-state index in [2.05, 4.69) is 0 Å². The minimum absolute atomic E-state index is 0.0874. The Hall–Kier alpha value is -3.40. The summed E-state index contributed by atoms with van der Waals surface area (Å²) < 4.78 is 31.1. The Labute approximate surface area is 174 Å². The highest BCUT2D eigenvalue weighted by molar-refractivity contribution is 7.92. The van der Waals surface area contributed by atoms with Gasteiger partial charge in [0.15, 0.2) is 0 Å². The molecule has 0 bridgehead atoms. The van der Waals surface area contributed by atoms with Gasteiger partial charge >= 0.3 is 5.97 Å². The molecule has 9 nitrogen and oxygen atoms in total. The van der Waals surface area contributed by atoms with Gasteiger partial charge in [-0.25, -0.2) is 17.5 Å². The number of sulfonamides is 1. The second kappa shape index (κ2) is 8.15. The summed E-state index contributed by atoms with van der Waals surface area (Å²) in [6.45, 7) is 0.457. The van der Waals surface area contributed by atoms with Crippen LogP contribution in [0.5, 0.6) is 0 Å². The minimum atomic E-state index is -3.89. The van der Waals surface area contributed by atoms with Crippen molar-refractivity contribution in [3.8, 4) is 0 Å². The fraction of sp³-hybridized carbons (Fsp3) is 0.250. The van der Waals surface area contributed by atoms with Gasteiger partial charge in [-0.05, 0) is 42.8 Å². The average Bonchev–Trinajstić information content (AvgIpc) is 3.12. The minimum Gasteiger partial charge on any atom is -0.465 e. The number of anilines is 3. The number of hydrogen-bond donors (Lipinski definition) is 1. The van der Waals surface area contributed by atoms with E-state index in [-0.39, 0.29) is 28.4 Å². The number of nitrogens with zero attached hydrogens (tertiary/aromatic N) is 2. The molecular formula is C20H21N3O6S. The van der Waals surface area contributed by atoms with Gasteiger partial charge in [0.05, 0.1) is 30.3 Å². The summed E-state index contributed by atoms with van der Waals surface area (Å²) in [7, 11) is -2.68. The molecule has 158 valence electrons. The Kier molecular flexibility index (Phi) is 5.79. The number of ether oxygens (including phenoxy) is 1. The zero-order valence-corrected chi connectivity index (χ0v) is 17.3. The highest BCUT2D eigenvalue weighted by Crippen LogP contribution is 2.34. The maximum atomic E-state index is 12.7. The molecule has 2 amide bonds. The van der Waals surface area contributed by atoms with Crippen LogP contribution in [0.2, 0.25) is 0 Å². The lowest BCUT2D eigenvalue weighted by molar-refractivity contribution is -0.117. The van der Waals surface area contributed by atoms with Crippen LogP contribution in [-0.2, 0) is 19.6 Å². The first-order valence-corrected chi connectivity index (χ1v) is 10.9. The van der Waals surface area contributed by atoms with Crippen LogP contribution in [0.25, 0.3) is 0 Å². The molecule has 0 spiro atoms. The fourth-order valence-corrected chi connectivity index (χ4v) is 4.33. The van der Waals surface area contributed by atoms with Crippen LogP contribution in [0.1, 0.15) is 33.6 Å². The second-order valence-electron chi connectivity index (χ2n) is 6.82. The van der Waals surface area contributed by atoms with Crippen LogP contribution >= 0.6 is 0 Å². The Morgan fingerprint density at radius 3 is 2.37 bits per heavy atom. The largest absolute Gasteiger partial charge is 0.465 e. The summed E-state index contributed by atoms with van der Waals surface area (Å²) in [6.07, 6.45) is 2.02. The van der Waals surface area contributed by atoms with Crippen LogP contribution in [-0.4, -0.2) is 46.1 Å². The van der Waals surface area contributed by atoms with Crippen LogP contribution in [0.3, 0.4) is 0 Å². The Morgan fingerprint density at radius 2 is 1.80 bits per heavy atom. The number of esters is 1. The van der Waals surface area contributed by atoms with Gasteiger partial charge in [-0.15, -0.1) is 0 Å². The summed E-state index contributed by atoms with van der Waals surface area (Å²) in [4.78, 5) is 37.5. The Bertz CT molecular complexity index is 1130. The van der Waals surface area contributed by atoms with Crippen LogP contribution < -0.4 is 14.9 Å². The third-order valence-electron chi connectivity index (χ3n) is 4.64. The van der Waals surface area contributed by atoms with Crippen LogP contribution in [0, 0.1) is 0 Å². The average molecular weight is 431 g/mol. The van der Waals surface area contributed by atoms with Crippen molar-refractivity contribution in [1.82, 2.24) is 0 Å². The van der Waals surface area contributed by atoms with E-state index in [9.17, 15) is 22.8 Å². The molecule has 0 radical (unpaired) electrons. The van der Waals surface area contributed by atoms with Gasteiger partial charge in [0.1, 0.15) is 0 Å². The van der Waals surface area contributed by atoms with Crippen LogP contribution in [0.15, 0.2) is 42.5 Å². The molecule has 1 heterocycles. The normalized spacial score (nSPS) is 13.9. The molecule has 3 rings (SSSR count). The van der Waals surface area contributed by atoms with Gasteiger partial charge in [0.2, 0.25) is 21.8 Å². The molecule has 0 atom stereocenters. The van der Waals surface area contributed by atoms with Gasteiger partial charge < -0.3 is 15.4 Å². The lowest BCUT2D eigenvalue weighted by Gasteiger charge is -2.25. The standard InChI is InChI=1S/C20H21N3O6S/c1-29-20(26)14-10-16(22-8-4-7-18(22)24)12-17(11-14)23(30(2,27)28)15-6-3-5-13(9-15)19(21)25/h3,5-6,9-12H,4,7-8H2,1-2H3,(H2,21,25). The molecule has 2 aromatic rings. The molecule has 0 aliphatic carbocycles. The summed E-state index contributed by atoms with van der Waals surface area (Å²) in [5, 5.41) is 0. The van der Waals surface area contributed by atoms with Crippen molar-refractivity contribution >= 4 is 44.9 Å². The lowest BCUT2D eigenvalue weighted by Crippen LogP contribution is -2.27. The fourth-order valence-electron chi connectivity index (χ4n) is 3.34. The van der Waals surface area contributed by atoms with Gasteiger partial charge in [0, 0.05) is 24.2 Å². The number of hydrogen-bond acceptors (Lipinski definition) is 6. The van der Waals surface area contributed by atoms with Gasteiger partial charge in [-0.3, -0.25) is 9.59 Å². The quantitative estimate of drug-likeness (QED) is 0.695. The van der Waals surface area contributed by atoms with Crippen molar-refractivity contribution in [3.05, 3.63) is 53.6 Å². The van der Waals surface area contributed by atoms with Crippen LogP contribution in [0.4, 0.5) is 17.1 Å². The lowest BCUT2D eigenvalue weighted by atomic mass is 10.1. The first-order valence-electron chi connectivity index (χ1n) is 9.06. The third-order valence-corrected chi connectivity index (χ3v) is 5.72. The van der Waals surface area contributed by atoms with Crippen molar-refractivity contribution in [3.63, 3.8) is 0 Å². The number of carbonyl (C=O) groups is 3. The topological polar surface area (TPSA) is 127 Å². The van der Waals surface area contributed by atoms with E-state index >= 15 is 0 Å². The molecule has 2 N–H and O–H groups in total. The summed E-state index contributed by atoms with van der Waals surface area (Å²) >= 11 is 0. The number of benzene rings is 2. The van der Waals surface area contributed by atoms with E-state index < -0.39 is 21.9 Å². The van der Waals surface area contributed by atoms with E-state index in [1.54, 1.807) is 0 Å². The Morgan fingerprint density at radius 1 is 1.10 bits per heavy atom. The van der Waals surface area contributed by atoms with E-state index in [0.29, 0.717) is 25.1 Å². The molecule has 30 heavy (non-hydrogen) atoms. The number of amides is 2. The van der Waals surface area contributed by atoms with E-state index in [4.69, 9.17) is 10.5 Å².